The number of nitrogens with zero attached hydrogens (tertiary/aromatic N) is 1. The number of aromatic nitrogens is 2. The van der Waals surface area contributed by atoms with E-state index in [1.54, 1.807) is 26.1 Å². The third-order valence-electron chi connectivity index (χ3n) is 3.54. The third-order valence-corrected chi connectivity index (χ3v) is 3.54. The van der Waals surface area contributed by atoms with Gasteiger partial charge in [-0.05, 0) is 38.0 Å². The first-order chi connectivity index (χ1) is 11.4. The van der Waals surface area contributed by atoms with E-state index in [1.165, 1.54) is 7.11 Å². The van der Waals surface area contributed by atoms with Crippen LogP contribution in [0.3, 0.4) is 0 Å². The van der Waals surface area contributed by atoms with Gasteiger partial charge in [-0.15, -0.1) is 0 Å². The lowest BCUT2D eigenvalue weighted by atomic mass is 10.1. The summed E-state index contributed by atoms with van der Waals surface area (Å²) in [4.78, 5) is 31.6. The summed E-state index contributed by atoms with van der Waals surface area (Å²) >= 11 is 0. The van der Waals surface area contributed by atoms with Gasteiger partial charge in [-0.2, -0.15) is 0 Å². The number of carbonyl (C=O) groups is 2. The fourth-order valence-electron chi connectivity index (χ4n) is 2.29. The van der Waals surface area contributed by atoms with Gasteiger partial charge in [0.05, 0.1) is 12.2 Å². The number of ether oxygens (including phenoxy) is 2. The van der Waals surface area contributed by atoms with Crippen LogP contribution in [0.4, 0.5) is 5.82 Å². The number of aromatic amines is 1. The van der Waals surface area contributed by atoms with Crippen LogP contribution in [0.1, 0.15) is 37.7 Å². The molecule has 0 aliphatic carbocycles. The van der Waals surface area contributed by atoms with E-state index in [0.717, 1.165) is 5.56 Å². The second-order valence-corrected chi connectivity index (χ2v) is 5.43. The number of pyridine rings is 1. The molecule has 2 N–H and O–H groups in total. The fourth-order valence-corrected chi connectivity index (χ4v) is 2.29. The van der Waals surface area contributed by atoms with Gasteiger partial charge in [0.15, 0.2) is 0 Å². The van der Waals surface area contributed by atoms with Gasteiger partial charge in [-0.1, -0.05) is 6.07 Å². The summed E-state index contributed by atoms with van der Waals surface area (Å²) in [7, 11) is 1.53. The van der Waals surface area contributed by atoms with E-state index in [4.69, 9.17) is 9.47 Å². The van der Waals surface area contributed by atoms with Crippen LogP contribution in [0.5, 0.6) is 0 Å². The van der Waals surface area contributed by atoms with Gasteiger partial charge in [0.2, 0.25) is 0 Å². The maximum absolute atomic E-state index is 12.4. The highest BCUT2D eigenvalue weighted by Crippen LogP contribution is 2.20. The minimum absolute atomic E-state index is 0.161. The van der Waals surface area contributed by atoms with Crippen molar-refractivity contribution in [3.05, 3.63) is 46.4 Å². The Hall–Kier alpha value is -2.67. The standard InChI is InChI=1S/C17H21N3O4/c1-10-5-6-13(18-9-10)20-16(21)15-11(2)14(12(3)19-15)17(22)24-8-7-23-4/h5-6,9,19H,7-8H2,1-4H3,(H,18,20,21). The maximum Gasteiger partial charge on any atom is 0.340 e. The lowest BCUT2D eigenvalue weighted by Crippen LogP contribution is -2.15. The van der Waals surface area contributed by atoms with Gasteiger partial charge >= 0.3 is 5.97 Å². The van der Waals surface area contributed by atoms with E-state index in [1.807, 2.05) is 13.0 Å². The molecule has 0 unspecified atom stereocenters. The van der Waals surface area contributed by atoms with Crippen molar-refractivity contribution in [1.29, 1.82) is 0 Å². The highest BCUT2D eigenvalue weighted by molar-refractivity contribution is 6.06. The molecule has 1 amide bonds. The van der Waals surface area contributed by atoms with Gasteiger partial charge < -0.3 is 19.8 Å². The second-order valence-electron chi connectivity index (χ2n) is 5.43. The Morgan fingerprint density at radius 2 is 1.96 bits per heavy atom. The number of rotatable bonds is 6. The highest BCUT2D eigenvalue weighted by Gasteiger charge is 2.23. The molecule has 2 heterocycles. The van der Waals surface area contributed by atoms with E-state index in [-0.39, 0.29) is 12.5 Å². The number of methoxy groups -OCH3 is 1. The zero-order valence-corrected chi connectivity index (χ0v) is 14.2. The number of amides is 1. The number of hydrogen-bond donors (Lipinski definition) is 2. The smallest absolute Gasteiger partial charge is 0.340 e. The van der Waals surface area contributed by atoms with Crippen molar-refractivity contribution in [3.63, 3.8) is 0 Å². The van der Waals surface area contributed by atoms with Gasteiger partial charge in [-0.3, -0.25) is 4.79 Å². The summed E-state index contributed by atoms with van der Waals surface area (Å²) in [5.41, 5.74) is 2.80. The van der Waals surface area contributed by atoms with Gasteiger partial charge in [0, 0.05) is 19.0 Å². The summed E-state index contributed by atoms with van der Waals surface area (Å²) in [5, 5.41) is 2.70. The Morgan fingerprint density at radius 3 is 2.58 bits per heavy atom. The largest absolute Gasteiger partial charge is 0.460 e. The Kier molecular flexibility index (Phi) is 5.70. The minimum Gasteiger partial charge on any atom is -0.460 e. The molecule has 7 nitrogen and oxygen atoms in total. The Balaban J connectivity index is 2.16. The summed E-state index contributed by atoms with van der Waals surface area (Å²) in [6.07, 6.45) is 1.67. The molecular formula is C17H21N3O4. The predicted molar refractivity (Wildman–Crippen MR) is 89.4 cm³/mol. The molecular weight excluding hydrogens is 310 g/mol. The van der Waals surface area contributed by atoms with Crippen LogP contribution in [-0.2, 0) is 9.47 Å². The van der Waals surface area contributed by atoms with Crippen molar-refractivity contribution in [3.8, 4) is 0 Å². The lowest BCUT2D eigenvalue weighted by molar-refractivity contribution is 0.0387. The SMILES string of the molecule is COCCOC(=O)c1c(C)[nH]c(C(=O)Nc2ccc(C)cn2)c1C. The van der Waals surface area contributed by atoms with E-state index < -0.39 is 5.97 Å². The van der Waals surface area contributed by atoms with Crippen molar-refractivity contribution in [1.82, 2.24) is 9.97 Å². The van der Waals surface area contributed by atoms with Crippen LogP contribution in [0.25, 0.3) is 0 Å². The molecule has 0 radical (unpaired) electrons. The molecule has 0 saturated heterocycles. The number of anilines is 1. The maximum atomic E-state index is 12.4. The van der Waals surface area contributed by atoms with Gasteiger partial charge in [0.1, 0.15) is 18.1 Å². The van der Waals surface area contributed by atoms with Gasteiger partial charge in [-0.25, -0.2) is 9.78 Å². The summed E-state index contributed by atoms with van der Waals surface area (Å²) in [6.45, 7) is 5.82. The molecule has 0 aliphatic heterocycles. The zero-order chi connectivity index (χ0) is 17.7. The normalized spacial score (nSPS) is 10.5. The molecule has 2 rings (SSSR count). The van der Waals surface area contributed by atoms with E-state index in [0.29, 0.717) is 34.9 Å². The van der Waals surface area contributed by atoms with E-state index in [2.05, 4.69) is 15.3 Å². The van der Waals surface area contributed by atoms with E-state index >= 15 is 0 Å². The van der Waals surface area contributed by atoms with Crippen molar-refractivity contribution in [2.24, 2.45) is 0 Å². The lowest BCUT2D eigenvalue weighted by Gasteiger charge is -2.06. The molecule has 0 aromatic carbocycles. The molecule has 0 saturated carbocycles. The number of carbonyl (C=O) groups excluding carboxylic acids is 2. The van der Waals surface area contributed by atoms with Crippen LogP contribution >= 0.6 is 0 Å². The summed E-state index contributed by atoms with van der Waals surface area (Å²) in [6, 6.07) is 3.58. The number of nitrogens with one attached hydrogen (secondary N) is 2. The minimum atomic E-state index is -0.481. The van der Waals surface area contributed by atoms with Crippen molar-refractivity contribution in [2.45, 2.75) is 20.8 Å². The number of hydrogen-bond acceptors (Lipinski definition) is 5. The predicted octanol–water partition coefficient (Wildman–Crippen LogP) is 2.39. The first-order valence-corrected chi connectivity index (χ1v) is 7.53. The van der Waals surface area contributed by atoms with Crippen LogP contribution in [0.2, 0.25) is 0 Å². The van der Waals surface area contributed by atoms with Gasteiger partial charge in [0.25, 0.3) is 5.91 Å². The molecule has 0 bridgehead atoms. The number of aryl methyl sites for hydroxylation is 2. The number of H-pyrrole nitrogens is 1. The zero-order valence-electron chi connectivity index (χ0n) is 14.2. The van der Waals surface area contributed by atoms with E-state index in [9.17, 15) is 9.59 Å². The number of esters is 1. The molecule has 2 aromatic heterocycles. The van der Waals surface area contributed by atoms with Crippen molar-refractivity contribution in [2.75, 3.05) is 25.6 Å². The topological polar surface area (TPSA) is 93.3 Å². The first kappa shape index (κ1) is 17.7. The van der Waals surface area contributed by atoms with Crippen molar-refractivity contribution < 1.29 is 19.1 Å². The second kappa shape index (κ2) is 7.74. The monoisotopic (exact) mass is 331 g/mol. The molecule has 0 atom stereocenters. The van der Waals surface area contributed by atoms with Crippen LogP contribution < -0.4 is 5.32 Å². The summed E-state index contributed by atoms with van der Waals surface area (Å²) < 4.78 is 9.98. The molecule has 24 heavy (non-hydrogen) atoms. The van der Waals surface area contributed by atoms with Crippen molar-refractivity contribution >= 4 is 17.7 Å². The Labute approximate surface area is 140 Å². The average molecular weight is 331 g/mol. The molecule has 0 spiro atoms. The molecule has 2 aromatic rings. The molecule has 0 aliphatic rings. The Morgan fingerprint density at radius 1 is 1.21 bits per heavy atom. The van der Waals surface area contributed by atoms with Crippen LogP contribution in [0, 0.1) is 20.8 Å². The third kappa shape index (κ3) is 3.99. The molecule has 0 fully saturated rings. The summed E-state index contributed by atoms with van der Waals surface area (Å²) in [5.74, 6) is -0.393. The fraction of sp³-hybridized carbons (Fsp3) is 0.353. The first-order valence-electron chi connectivity index (χ1n) is 7.53. The Bertz CT molecular complexity index is 735. The molecule has 7 heteroatoms. The highest BCUT2D eigenvalue weighted by atomic mass is 16.6. The molecule has 128 valence electrons. The van der Waals surface area contributed by atoms with Crippen LogP contribution in [-0.4, -0.2) is 42.2 Å². The average Bonchev–Trinajstić information content (AvgIpc) is 2.84. The quantitative estimate of drug-likeness (QED) is 0.626. The van der Waals surface area contributed by atoms with Crippen LogP contribution in [0.15, 0.2) is 18.3 Å².